The van der Waals surface area contributed by atoms with E-state index in [1.807, 2.05) is 12.1 Å². The van der Waals surface area contributed by atoms with Gasteiger partial charge in [0, 0.05) is 18.1 Å². The lowest BCUT2D eigenvalue weighted by atomic mass is 9.98. The van der Waals surface area contributed by atoms with E-state index in [-0.39, 0.29) is 5.82 Å². The molecule has 0 spiro atoms. The van der Waals surface area contributed by atoms with Crippen molar-refractivity contribution in [2.24, 2.45) is 0 Å². The smallest absolute Gasteiger partial charge is 0.123 e. The first-order valence-electron chi connectivity index (χ1n) is 7.87. The second kappa shape index (κ2) is 7.75. The molecule has 0 aliphatic carbocycles. The van der Waals surface area contributed by atoms with Crippen LogP contribution in [0.25, 0.3) is 0 Å². The summed E-state index contributed by atoms with van der Waals surface area (Å²) in [5, 5.41) is 7.25. The van der Waals surface area contributed by atoms with Crippen LogP contribution in [0.2, 0.25) is 0 Å². The van der Waals surface area contributed by atoms with Gasteiger partial charge < -0.3 is 10.6 Å². The highest BCUT2D eigenvalue weighted by Gasteiger charge is 2.16. The maximum absolute atomic E-state index is 12.9. The highest BCUT2D eigenvalue weighted by Crippen LogP contribution is 2.13. The molecule has 2 rings (SSSR count). The third-order valence-corrected chi connectivity index (χ3v) is 4.07. The van der Waals surface area contributed by atoms with Gasteiger partial charge in [0.1, 0.15) is 5.82 Å². The Bertz CT molecular complexity index is 384. The number of rotatable bonds is 6. The van der Waals surface area contributed by atoms with Crippen molar-refractivity contribution in [1.82, 2.24) is 10.6 Å². The predicted molar refractivity (Wildman–Crippen MR) is 82.4 cm³/mol. The molecule has 1 aliphatic rings. The molecule has 112 valence electrons. The Morgan fingerprint density at radius 2 is 1.95 bits per heavy atom. The number of nitrogens with one attached hydrogen (secondary N) is 2. The number of benzene rings is 1. The van der Waals surface area contributed by atoms with Gasteiger partial charge >= 0.3 is 0 Å². The molecular formula is C17H27FN2. The third-order valence-electron chi connectivity index (χ3n) is 4.07. The average molecular weight is 278 g/mol. The van der Waals surface area contributed by atoms with Gasteiger partial charge in [-0.15, -0.1) is 0 Å². The Morgan fingerprint density at radius 3 is 2.60 bits per heavy atom. The van der Waals surface area contributed by atoms with Crippen molar-refractivity contribution in [1.29, 1.82) is 0 Å². The number of halogens is 1. The molecular weight excluding hydrogens is 251 g/mol. The molecule has 3 unspecified atom stereocenters. The topological polar surface area (TPSA) is 24.1 Å². The van der Waals surface area contributed by atoms with Gasteiger partial charge in [-0.25, -0.2) is 4.39 Å². The fourth-order valence-corrected chi connectivity index (χ4v) is 3.14. The number of piperidine rings is 1. The van der Waals surface area contributed by atoms with E-state index in [1.165, 1.54) is 49.9 Å². The number of hydrogen-bond donors (Lipinski definition) is 2. The van der Waals surface area contributed by atoms with E-state index in [0.29, 0.717) is 18.1 Å². The SMILES string of the molecule is CC(Cc1ccc(F)cc1)NC(C)CC1CCCCN1. The summed E-state index contributed by atoms with van der Waals surface area (Å²) in [6.07, 6.45) is 6.11. The van der Waals surface area contributed by atoms with Crippen LogP contribution in [0.3, 0.4) is 0 Å². The van der Waals surface area contributed by atoms with E-state index < -0.39 is 0 Å². The maximum atomic E-state index is 12.9. The zero-order valence-electron chi connectivity index (χ0n) is 12.7. The van der Waals surface area contributed by atoms with E-state index in [1.54, 1.807) is 0 Å². The van der Waals surface area contributed by atoms with Gasteiger partial charge in [0.25, 0.3) is 0 Å². The lowest BCUT2D eigenvalue weighted by Crippen LogP contribution is -2.42. The summed E-state index contributed by atoms with van der Waals surface area (Å²) in [7, 11) is 0. The molecule has 1 aromatic rings. The largest absolute Gasteiger partial charge is 0.314 e. The molecule has 1 aromatic carbocycles. The van der Waals surface area contributed by atoms with E-state index in [2.05, 4.69) is 24.5 Å². The van der Waals surface area contributed by atoms with E-state index in [0.717, 1.165) is 6.42 Å². The second-order valence-corrected chi connectivity index (χ2v) is 6.18. The molecule has 0 aromatic heterocycles. The normalized spacial score (nSPS) is 22.4. The van der Waals surface area contributed by atoms with Crippen molar-refractivity contribution in [3.8, 4) is 0 Å². The van der Waals surface area contributed by atoms with Crippen LogP contribution < -0.4 is 10.6 Å². The molecule has 1 fully saturated rings. The van der Waals surface area contributed by atoms with Crippen LogP contribution in [0, 0.1) is 5.82 Å². The summed E-state index contributed by atoms with van der Waals surface area (Å²) >= 11 is 0. The summed E-state index contributed by atoms with van der Waals surface area (Å²) in [5.74, 6) is -0.161. The van der Waals surface area contributed by atoms with Gasteiger partial charge in [-0.05, 0) is 63.8 Å². The van der Waals surface area contributed by atoms with E-state index in [4.69, 9.17) is 0 Å². The van der Waals surface area contributed by atoms with Crippen LogP contribution in [0.5, 0.6) is 0 Å². The summed E-state index contributed by atoms with van der Waals surface area (Å²) in [6.45, 7) is 5.63. The number of hydrogen-bond acceptors (Lipinski definition) is 2. The van der Waals surface area contributed by atoms with Gasteiger partial charge in [-0.3, -0.25) is 0 Å². The van der Waals surface area contributed by atoms with Gasteiger partial charge in [0.15, 0.2) is 0 Å². The molecule has 2 nitrogen and oxygen atoms in total. The third kappa shape index (κ3) is 5.22. The molecule has 0 saturated carbocycles. The Labute approximate surface area is 122 Å². The lowest BCUT2D eigenvalue weighted by molar-refractivity contribution is 0.332. The van der Waals surface area contributed by atoms with Gasteiger partial charge in [-0.2, -0.15) is 0 Å². The molecule has 0 amide bonds. The van der Waals surface area contributed by atoms with Crippen LogP contribution in [0.15, 0.2) is 24.3 Å². The van der Waals surface area contributed by atoms with Gasteiger partial charge in [0.2, 0.25) is 0 Å². The van der Waals surface area contributed by atoms with Crippen LogP contribution in [0.4, 0.5) is 4.39 Å². The Kier molecular flexibility index (Phi) is 5.99. The minimum atomic E-state index is -0.161. The molecule has 20 heavy (non-hydrogen) atoms. The maximum Gasteiger partial charge on any atom is 0.123 e. The van der Waals surface area contributed by atoms with Crippen molar-refractivity contribution < 1.29 is 4.39 Å². The highest BCUT2D eigenvalue weighted by atomic mass is 19.1. The molecule has 0 radical (unpaired) electrons. The lowest BCUT2D eigenvalue weighted by Gasteiger charge is -2.28. The fourth-order valence-electron chi connectivity index (χ4n) is 3.14. The first-order chi connectivity index (χ1) is 9.63. The first kappa shape index (κ1) is 15.5. The van der Waals surface area contributed by atoms with Crippen molar-refractivity contribution in [2.75, 3.05) is 6.54 Å². The van der Waals surface area contributed by atoms with Gasteiger partial charge in [-0.1, -0.05) is 18.6 Å². The van der Waals surface area contributed by atoms with Gasteiger partial charge in [0.05, 0.1) is 0 Å². The summed E-state index contributed by atoms with van der Waals surface area (Å²) in [4.78, 5) is 0. The minimum absolute atomic E-state index is 0.161. The summed E-state index contributed by atoms with van der Waals surface area (Å²) in [5.41, 5.74) is 1.19. The molecule has 2 N–H and O–H groups in total. The van der Waals surface area contributed by atoms with Crippen molar-refractivity contribution in [3.05, 3.63) is 35.6 Å². The quantitative estimate of drug-likeness (QED) is 0.834. The predicted octanol–water partition coefficient (Wildman–Crippen LogP) is 3.27. The standard InChI is InChI=1S/C17H27FN2/c1-13(11-15-6-8-16(18)9-7-15)20-14(2)12-17-5-3-4-10-19-17/h6-9,13-14,17,19-20H,3-5,10-12H2,1-2H3. The Balaban J connectivity index is 1.72. The highest BCUT2D eigenvalue weighted by molar-refractivity contribution is 5.17. The molecule has 1 aliphatic heterocycles. The molecule has 3 heteroatoms. The first-order valence-corrected chi connectivity index (χ1v) is 7.87. The van der Waals surface area contributed by atoms with Crippen LogP contribution in [0.1, 0.15) is 45.1 Å². The van der Waals surface area contributed by atoms with Crippen LogP contribution in [-0.2, 0) is 6.42 Å². The summed E-state index contributed by atoms with van der Waals surface area (Å²) < 4.78 is 12.9. The van der Waals surface area contributed by atoms with Crippen molar-refractivity contribution in [2.45, 2.75) is 64.1 Å². The monoisotopic (exact) mass is 278 g/mol. The Hall–Kier alpha value is -0.930. The zero-order valence-corrected chi connectivity index (χ0v) is 12.7. The zero-order chi connectivity index (χ0) is 14.4. The molecule has 3 atom stereocenters. The van der Waals surface area contributed by atoms with Crippen molar-refractivity contribution in [3.63, 3.8) is 0 Å². The second-order valence-electron chi connectivity index (χ2n) is 6.18. The fraction of sp³-hybridized carbons (Fsp3) is 0.647. The Morgan fingerprint density at radius 1 is 1.20 bits per heavy atom. The van der Waals surface area contributed by atoms with Crippen molar-refractivity contribution >= 4 is 0 Å². The molecule has 0 bridgehead atoms. The van der Waals surface area contributed by atoms with Crippen LogP contribution >= 0.6 is 0 Å². The van der Waals surface area contributed by atoms with E-state index >= 15 is 0 Å². The van der Waals surface area contributed by atoms with Crippen LogP contribution in [-0.4, -0.2) is 24.7 Å². The summed E-state index contributed by atoms with van der Waals surface area (Å²) in [6, 6.07) is 8.43. The van der Waals surface area contributed by atoms with E-state index in [9.17, 15) is 4.39 Å². The molecule has 1 heterocycles. The average Bonchev–Trinajstić information content (AvgIpc) is 2.42. The molecule has 1 saturated heterocycles. The minimum Gasteiger partial charge on any atom is -0.314 e.